The van der Waals surface area contributed by atoms with Gasteiger partial charge in [-0.1, -0.05) is 48.5 Å². The molecule has 5 aromatic rings. The lowest BCUT2D eigenvalue weighted by atomic mass is 9.99. The van der Waals surface area contributed by atoms with Crippen LogP contribution in [0.4, 0.5) is 5.82 Å². The molecule has 7 nitrogen and oxygen atoms in total. The molecule has 0 unspecified atom stereocenters. The maximum absolute atomic E-state index is 13.4. The van der Waals surface area contributed by atoms with Crippen LogP contribution in [0.25, 0.3) is 33.4 Å². The number of nitrogens with zero attached hydrogens (tertiary/aromatic N) is 4. The molecule has 7 heteroatoms. The number of hydrogen-bond donors (Lipinski definition) is 2. The van der Waals surface area contributed by atoms with E-state index in [-0.39, 0.29) is 11.5 Å². The molecular formula is C28H24N6O. The molecule has 3 aromatic heterocycles. The molecule has 35 heavy (non-hydrogen) atoms. The van der Waals surface area contributed by atoms with Gasteiger partial charge in [-0.3, -0.25) is 14.8 Å². The van der Waals surface area contributed by atoms with Crippen LogP contribution in [0.2, 0.25) is 0 Å². The molecule has 3 N–H and O–H groups in total. The van der Waals surface area contributed by atoms with Crippen molar-refractivity contribution in [3.05, 3.63) is 103 Å². The molecule has 0 radical (unpaired) electrons. The summed E-state index contributed by atoms with van der Waals surface area (Å²) in [5.74, 6) is -0.363. The number of carbonyl (C=O) groups excluding carboxylic acids is 1. The van der Waals surface area contributed by atoms with Crippen LogP contribution >= 0.6 is 0 Å². The second kappa shape index (κ2) is 8.95. The fraction of sp³-hybridized carbons (Fsp3) is 0.107. The number of aromatic nitrogens is 4. The van der Waals surface area contributed by atoms with Crippen molar-refractivity contribution in [1.82, 2.24) is 25.3 Å². The number of amides is 1. The molecule has 3 heterocycles. The van der Waals surface area contributed by atoms with E-state index in [1.54, 1.807) is 12.4 Å². The molecule has 5 rings (SSSR count). The van der Waals surface area contributed by atoms with Gasteiger partial charge in [0.2, 0.25) is 0 Å². The van der Waals surface area contributed by atoms with Crippen molar-refractivity contribution in [1.29, 1.82) is 0 Å². The average Bonchev–Trinajstić information content (AvgIpc) is 2.89. The van der Waals surface area contributed by atoms with Crippen LogP contribution in [0.3, 0.4) is 0 Å². The number of anilines is 1. The second-order valence-electron chi connectivity index (χ2n) is 8.73. The first-order valence-corrected chi connectivity index (χ1v) is 11.2. The minimum atomic E-state index is -0.737. The summed E-state index contributed by atoms with van der Waals surface area (Å²) in [7, 11) is 0. The summed E-state index contributed by atoms with van der Waals surface area (Å²) < 4.78 is 0. The lowest BCUT2D eigenvalue weighted by Gasteiger charge is -2.25. The molecule has 0 aliphatic rings. The number of benzene rings is 2. The molecule has 0 bridgehead atoms. The Morgan fingerprint density at radius 1 is 0.800 bits per heavy atom. The predicted molar refractivity (Wildman–Crippen MR) is 137 cm³/mol. The number of fused-ring (bicyclic) bond motifs is 1. The smallest absolute Gasteiger partial charge is 0.274 e. The Labute approximate surface area is 203 Å². The Kier molecular flexibility index (Phi) is 5.66. The van der Waals surface area contributed by atoms with Gasteiger partial charge in [0.25, 0.3) is 5.91 Å². The molecular weight excluding hydrogens is 436 g/mol. The second-order valence-corrected chi connectivity index (χ2v) is 8.73. The van der Waals surface area contributed by atoms with Crippen LogP contribution in [0.1, 0.15) is 30.0 Å². The zero-order valence-corrected chi connectivity index (χ0v) is 19.4. The first-order valence-electron chi connectivity index (χ1n) is 11.2. The van der Waals surface area contributed by atoms with E-state index in [1.165, 1.54) is 0 Å². The Morgan fingerprint density at radius 3 is 2.31 bits per heavy atom. The molecule has 0 atom stereocenters. The Balaban J connectivity index is 1.62. The molecule has 0 fully saturated rings. The van der Waals surface area contributed by atoms with E-state index in [4.69, 9.17) is 10.7 Å². The molecule has 2 aromatic carbocycles. The van der Waals surface area contributed by atoms with Gasteiger partial charge in [-0.2, -0.15) is 0 Å². The van der Waals surface area contributed by atoms with Crippen molar-refractivity contribution < 1.29 is 4.79 Å². The highest BCUT2D eigenvalue weighted by atomic mass is 16.2. The van der Waals surface area contributed by atoms with Gasteiger partial charge >= 0.3 is 0 Å². The molecule has 0 saturated heterocycles. The third-order valence-electron chi connectivity index (χ3n) is 5.79. The van der Waals surface area contributed by atoms with Gasteiger partial charge in [0.1, 0.15) is 0 Å². The quantitative estimate of drug-likeness (QED) is 0.382. The van der Waals surface area contributed by atoms with E-state index in [0.717, 1.165) is 27.7 Å². The average molecular weight is 461 g/mol. The third-order valence-corrected chi connectivity index (χ3v) is 5.79. The van der Waals surface area contributed by atoms with Gasteiger partial charge in [-0.05, 0) is 44.2 Å². The fourth-order valence-corrected chi connectivity index (χ4v) is 3.98. The summed E-state index contributed by atoms with van der Waals surface area (Å²) in [6.45, 7) is 3.76. The standard InChI is InChI=1S/C28H24N6O/c1-28(2,22-12-6-7-15-31-22)34-27(35)25-26(29)33-23(18-9-4-3-5-10-18)24(32-25)20-13-14-21-19(17-20)11-8-16-30-21/h3-17H,1-2H3,(H2,29,33)(H,34,35). The number of rotatable bonds is 5. The molecule has 172 valence electrons. The zero-order valence-electron chi connectivity index (χ0n) is 19.4. The SMILES string of the molecule is CC(C)(NC(=O)c1nc(-c2ccc3ncccc3c2)c(-c2ccccc2)nc1N)c1ccccn1. The number of carbonyl (C=O) groups is 1. The van der Waals surface area contributed by atoms with Crippen molar-refractivity contribution in [3.63, 3.8) is 0 Å². The summed E-state index contributed by atoms with van der Waals surface area (Å²) in [5, 5.41) is 3.97. The third kappa shape index (κ3) is 4.44. The normalized spacial score (nSPS) is 11.4. The van der Waals surface area contributed by atoms with Crippen LogP contribution in [0.5, 0.6) is 0 Å². The van der Waals surface area contributed by atoms with Crippen molar-refractivity contribution in [3.8, 4) is 22.5 Å². The van der Waals surface area contributed by atoms with Gasteiger partial charge in [0.15, 0.2) is 11.5 Å². The predicted octanol–water partition coefficient (Wildman–Crippen LogP) is 5.00. The molecule has 0 aliphatic heterocycles. The monoisotopic (exact) mass is 460 g/mol. The zero-order chi connectivity index (χ0) is 24.4. The maximum Gasteiger partial charge on any atom is 0.274 e. The summed E-state index contributed by atoms with van der Waals surface area (Å²) >= 11 is 0. The molecule has 0 spiro atoms. The molecule has 0 aliphatic carbocycles. The summed E-state index contributed by atoms with van der Waals surface area (Å²) in [4.78, 5) is 31.6. The highest BCUT2D eigenvalue weighted by Crippen LogP contribution is 2.32. The van der Waals surface area contributed by atoms with Crippen LogP contribution in [0.15, 0.2) is 91.3 Å². The van der Waals surface area contributed by atoms with Gasteiger partial charge < -0.3 is 11.1 Å². The van der Waals surface area contributed by atoms with Crippen molar-refractivity contribution in [2.45, 2.75) is 19.4 Å². The number of pyridine rings is 2. The summed E-state index contributed by atoms with van der Waals surface area (Å²) in [6.07, 6.45) is 3.45. The van der Waals surface area contributed by atoms with Crippen LogP contribution in [-0.4, -0.2) is 25.8 Å². The van der Waals surface area contributed by atoms with Crippen molar-refractivity contribution >= 4 is 22.6 Å². The Hall–Kier alpha value is -4.65. The van der Waals surface area contributed by atoms with Crippen molar-refractivity contribution in [2.75, 3.05) is 5.73 Å². The minimum absolute atomic E-state index is 0.0596. The van der Waals surface area contributed by atoms with Crippen molar-refractivity contribution in [2.24, 2.45) is 0 Å². The molecule has 0 saturated carbocycles. The summed E-state index contributed by atoms with van der Waals surface area (Å²) in [5.41, 5.74) is 10.1. The number of nitrogen functional groups attached to an aromatic ring is 1. The van der Waals surface area contributed by atoms with Gasteiger partial charge in [-0.25, -0.2) is 9.97 Å². The van der Waals surface area contributed by atoms with E-state index >= 15 is 0 Å². The van der Waals surface area contributed by atoms with E-state index in [2.05, 4.69) is 20.3 Å². The van der Waals surface area contributed by atoms with Crippen LogP contribution in [-0.2, 0) is 5.54 Å². The number of nitrogens with two attached hydrogens (primary N) is 1. The number of hydrogen-bond acceptors (Lipinski definition) is 6. The lowest BCUT2D eigenvalue weighted by Crippen LogP contribution is -2.42. The van der Waals surface area contributed by atoms with Crippen LogP contribution in [0, 0.1) is 0 Å². The first kappa shape index (κ1) is 22.2. The van der Waals surface area contributed by atoms with Gasteiger partial charge in [0, 0.05) is 28.9 Å². The lowest BCUT2D eigenvalue weighted by molar-refractivity contribution is 0.0906. The van der Waals surface area contributed by atoms with E-state index in [0.29, 0.717) is 11.4 Å². The minimum Gasteiger partial charge on any atom is -0.382 e. The largest absolute Gasteiger partial charge is 0.382 e. The number of nitrogens with one attached hydrogen (secondary N) is 1. The highest BCUT2D eigenvalue weighted by molar-refractivity contribution is 5.98. The van der Waals surface area contributed by atoms with Gasteiger partial charge in [0.05, 0.1) is 28.1 Å². The van der Waals surface area contributed by atoms with Gasteiger partial charge in [-0.15, -0.1) is 0 Å². The first-order chi connectivity index (χ1) is 16.9. The Morgan fingerprint density at radius 2 is 1.54 bits per heavy atom. The summed E-state index contributed by atoms with van der Waals surface area (Å²) in [6, 6.07) is 25.0. The topological polar surface area (TPSA) is 107 Å². The maximum atomic E-state index is 13.4. The van der Waals surface area contributed by atoms with Crippen LogP contribution < -0.4 is 11.1 Å². The Bertz CT molecular complexity index is 1520. The van der Waals surface area contributed by atoms with E-state index in [1.807, 2.05) is 92.7 Å². The van der Waals surface area contributed by atoms with E-state index < -0.39 is 11.4 Å². The van der Waals surface area contributed by atoms with E-state index in [9.17, 15) is 4.79 Å². The highest BCUT2D eigenvalue weighted by Gasteiger charge is 2.28. The fourth-order valence-electron chi connectivity index (χ4n) is 3.98. The molecule has 1 amide bonds.